The molecule has 278 valence electrons. The quantitative estimate of drug-likeness (QED) is 0.142. The number of hydrogen-bond donors (Lipinski definition) is 0. The highest BCUT2D eigenvalue weighted by atomic mass is 15.1. The number of fused-ring (bicyclic) bond motifs is 1. The van der Waals surface area contributed by atoms with Gasteiger partial charge in [-0.05, 0) is 102 Å². The first-order valence-corrected chi connectivity index (χ1v) is 20.3. The molecule has 0 saturated carbocycles. The summed E-state index contributed by atoms with van der Waals surface area (Å²) >= 11 is 0. The Labute approximate surface area is 346 Å². The zero-order chi connectivity index (χ0) is 39.4. The Bertz CT molecular complexity index is 3000. The largest absolute Gasteiger partial charge is 0.310 e. The molecule has 10 aromatic rings. The normalized spacial score (nSPS) is 11.1. The van der Waals surface area contributed by atoms with Gasteiger partial charge in [0.05, 0.1) is 5.69 Å². The lowest BCUT2D eigenvalue weighted by atomic mass is 9.84. The monoisotopic (exact) mass is 751 g/mol. The van der Waals surface area contributed by atoms with Crippen LogP contribution in [0.5, 0.6) is 0 Å². The number of benzene rings is 10. The maximum absolute atomic E-state index is 2.41. The lowest BCUT2D eigenvalue weighted by Gasteiger charge is -2.28. The summed E-state index contributed by atoms with van der Waals surface area (Å²) < 4.78 is 0. The van der Waals surface area contributed by atoms with Crippen molar-refractivity contribution >= 4 is 27.8 Å². The molecule has 0 aliphatic rings. The summed E-state index contributed by atoms with van der Waals surface area (Å²) in [6.45, 7) is 0. The minimum absolute atomic E-state index is 1.09. The standard InChI is InChI=1S/C58H41N/c1-4-17-42(18-5-1)43-33-35-44(36-34-43)45-37-39-50(40-38-45)59(57-32-15-24-47-23-10-11-28-53(47)57)51-26-14-25-49(41-51)55-31-16-30-54(48-21-8-3-9-22-48)58(55)56-29-13-12-27-52(56)46-19-6-2-7-20-46/h1-41H. The van der Waals surface area contributed by atoms with E-state index in [1.165, 1.54) is 72.0 Å². The molecule has 10 rings (SSSR count). The van der Waals surface area contributed by atoms with Crippen LogP contribution in [0, 0.1) is 0 Å². The zero-order valence-corrected chi connectivity index (χ0v) is 32.6. The van der Waals surface area contributed by atoms with Crippen LogP contribution < -0.4 is 4.90 Å². The third-order valence-electron chi connectivity index (χ3n) is 11.3. The van der Waals surface area contributed by atoms with Crippen molar-refractivity contribution < 1.29 is 0 Å². The van der Waals surface area contributed by atoms with E-state index in [0.717, 1.165) is 22.6 Å². The molecule has 0 spiro atoms. The average molecular weight is 752 g/mol. The summed E-state index contributed by atoms with van der Waals surface area (Å²) in [6, 6.07) is 89.8. The molecule has 0 heterocycles. The van der Waals surface area contributed by atoms with Gasteiger partial charge in [0.15, 0.2) is 0 Å². The zero-order valence-electron chi connectivity index (χ0n) is 32.6. The number of nitrogens with zero attached hydrogens (tertiary/aromatic N) is 1. The van der Waals surface area contributed by atoms with Gasteiger partial charge in [-0.2, -0.15) is 0 Å². The van der Waals surface area contributed by atoms with Gasteiger partial charge in [0.1, 0.15) is 0 Å². The molecule has 0 fully saturated rings. The molecule has 0 saturated heterocycles. The molecular weight excluding hydrogens is 711 g/mol. The SMILES string of the molecule is c1ccc(-c2ccc(-c3ccc(N(c4cccc(-c5cccc(-c6ccccc6)c5-c5ccccc5-c5ccccc5)c4)c4cccc5ccccc45)cc3)cc2)cc1. The third-order valence-corrected chi connectivity index (χ3v) is 11.3. The van der Waals surface area contributed by atoms with Gasteiger partial charge in [-0.25, -0.2) is 0 Å². The Hall–Kier alpha value is -7.74. The highest BCUT2D eigenvalue weighted by Gasteiger charge is 2.20. The highest BCUT2D eigenvalue weighted by molar-refractivity contribution is 6.02. The second-order valence-corrected chi connectivity index (χ2v) is 14.9. The predicted octanol–water partition coefficient (Wildman–Crippen LogP) is 16.3. The van der Waals surface area contributed by atoms with Crippen LogP contribution in [0.25, 0.3) is 77.5 Å². The fourth-order valence-electron chi connectivity index (χ4n) is 8.44. The van der Waals surface area contributed by atoms with Gasteiger partial charge >= 0.3 is 0 Å². The summed E-state index contributed by atoms with van der Waals surface area (Å²) in [7, 11) is 0. The van der Waals surface area contributed by atoms with Crippen LogP contribution in [0.1, 0.15) is 0 Å². The van der Waals surface area contributed by atoms with Gasteiger partial charge in [0.25, 0.3) is 0 Å². The fraction of sp³-hybridized carbons (Fsp3) is 0. The lowest BCUT2D eigenvalue weighted by Crippen LogP contribution is -2.10. The van der Waals surface area contributed by atoms with E-state index in [4.69, 9.17) is 0 Å². The first-order chi connectivity index (χ1) is 29.3. The smallest absolute Gasteiger partial charge is 0.0540 e. The maximum Gasteiger partial charge on any atom is 0.0540 e. The van der Waals surface area contributed by atoms with Crippen LogP contribution >= 0.6 is 0 Å². The van der Waals surface area contributed by atoms with Gasteiger partial charge in [0.2, 0.25) is 0 Å². The number of anilines is 3. The van der Waals surface area contributed by atoms with Crippen LogP contribution in [0.2, 0.25) is 0 Å². The van der Waals surface area contributed by atoms with E-state index in [1.54, 1.807) is 0 Å². The summed E-state index contributed by atoms with van der Waals surface area (Å²) in [5.41, 5.74) is 17.7. The van der Waals surface area contributed by atoms with Crippen molar-refractivity contribution in [3.8, 4) is 66.8 Å². The highest BCUT2D eigenvalue weighted by Crippen LogP contribution is 2.46. The van der Waals surface area contributed by atoms with E-state index in [-0.39, 0.29) is 0 Å². The molecule has 0 bridgehead atoms. The van der Waals surface area contributed by atoms with Crippen molar-refractivity contribution in [2.75, 3.05) is 4.90 Å². The van der Waals surface area contributed by atoms with Crippen molar-refractivity contribution in [3.05, 3.63) is 249 Å². The molecule has 0 aliphatic carbocycles. The minimum atomic E-state index is 1.09. The first-order valence-electron chi connectivity index (χ1n) is 20.3. The third kappa shape index (κ3) is 7.12. The molecule has 1 heteroatoms. The number of hydrogen-bond acceptors (Lipinski definition) is 1. The van der Waals surface area contributed by atoms with E-state index >= 15 is 0 Å². The van der Waals surface area contributed by atoms with Gasteiger partial charge in [-0.15, -0.1) is 0 Å². The molecule has 0 amide bonds. The van der Waals surface area contributed by atoms with Crippen molar-refractivity contribution in [3.63, 3.8) is 0 Å². The second-order valence-electron chi connectivity index (χ2n) is 14.9. The maximum atomic E-state index is 2.41. The summed E-state index contributed by atoms with van der Waals surface area (Å²) in [5.74, 6) is 0. The van der Waals surface area contributed by atoms with Crippen molar-refractivity contribution in [1.82, 2.24) is 0 Å². The summed E-state index contributed by atoms with van der Waals surface area (Å²) in [6.07, 6.45) is 0. The Morgan fingerprint density at radius 2 is 0.661 bits per heavy atom. The second kappa shape index (κ2) is 16.0. The minimum Gasteiger partial charge on any atom is -0.310 e. The van der Waals surface area contributed by atoms with Gasteiger partial charge in [-0.1, -0.05) is 218 Å². The van der Waals surface area contributed by atoms with Crippen molar-refractivity contribution in [2.24, 2.45) is 0 Å². The Morgan fingerprint density at radius 3 is 1.32 bits per heavy atom. The number of rotatable bonds is 9. The average Bonchev–Trinajstić information content (AvgIpc) is 3.33. The van der Waals surface area contributed by atoms with Gasteiger partial charge in [0, 0.05) is 16.8 Å². The predicted molar refractivity (Wildman–Crippen MR) is 251 cm³/mol. The molecule has 0 N–H and O–H groups in total. The van der Waals surface area contributed by atoms with Crippen LogP contribution in [0.4, 0.5) is 17.1 Å². The molecule has 0 unspecified atom stereocenters. The summed E-state index contributed by atoms with van der Waals surface area (Å²) in [4.78, 5) is 2.41. The Kier molecular flexibility index (Phi) is 9.68. The molecule has 0 aliphatic heterocycles. The molecular formula is C58H41N. The Morgan fingerprint density at radius 1 is 0.237 bits per heavy atom. The molecule has 1 nitrogen and oxygen atoms in total. The topological polar surface area (TPSA) is 3.24 Å². The first kappa shape index (κ1) is 35.7. The molecule has 59 heavy (non-hydrogen) atoms. The van der Waals surface area contributed by atoms with Crippen molar-refractivity contribution in [1.29, 1.82) is 0 Å². The van der Waals surface area contributed by atoms with Crippen LogP contribution in [0.3, 0.4) is 0 Å². The van der Waals surface area contributed by atoms with Crippen LogP contribution in [-0.2, 0) is 0 Å². The van der Waals surface area contributed by atoms with E-state index in [9.17, 15) is 0 Å². The molecule has 10 aromatic carbocycles. The summed E-state index contributed by atoms with van der Waals surface area (Å²) in [5, 5.41) is 2.40. The van der Waals surface area contributed by atoms with E-state index in [2.05, 4.69) is 254 Å². The van der Waals surface area contributed by atoms with Crippen LogP contribution in [0.15, 0.2) is 249 Å². The van der Waals surface area contributed by atoms with Crippen molar-refractivity contribution in [2.45, 2.75) is 0 Å². The molecule has 0 aromatic heterocycles. The van der Waals surface area contributed by atoms with E-state index in [1.807, 2.05) is 0 Å². The lowest BCUT2D eigenvalue weighted by molar-refractivity contribution is 1.30. The van der Waals surface area contributed by atoms with Gasteiger partial charge < -0.3 is 4.90 Å². The van der Waals surface area contributed by atoms with Crippen LogP contribution in [-0.4, -0.2) is 0 Å². The van der Waals surface area contributed by atoms with Gasteiger partial charge in [-0.3, -0.25) is 0 Å². The molecule has 0 radical (unpaired) electrons. The fourth-order valence-corrected chi connectivity index (χ4v) is 8.44. The van der Waals surface area contributed by atoms with E-state index < -0.39 is 0 Å². The molecule has 0 atom stereocenters. The Balaban J connectivity index is 1.12. The van der Waals surface area contributed by atoms with E-state index in [0.29, 0.717) is 0 Å².